The van der Waals surface area contributed by atoms with Crippen molar-refractivity contribution < 1.29 is 0 Å². The smallest absolute Gasteiger partial charge is 0.00236 e. The van der Waals surface area contributed by atoms with Crippen LogP contribution in [0.25, 0.3) is 0 Å². The second-order valence-electron chi connectivity index (χ2n) is 4.19. The van der Waals surface area contributed by atoms with Gasteiger partial charge in [-0.15, -0.1) is 0 Å². The Morgan fingerprint density at radius 1 is 1.38 bits per heavy atom. The summed E-state index contributed by atoms with van der Waals surface area (Å²) in [4.78, 5) is 0. The Hall–Kier alpha value is -1.56. The molecule has 0 aromatic rings. The van der Waals surface area contributed by atoms with E-state index >= 15 is 0 Å². The summed E-state index contributed by atoms with van der Waals surface area (Å²) in [7, 11) is 0. The van der Waals surface area contributed by atoms with Gasteiger partial charge in [0.05, 0.1) is 0 Å². The summed E-state index contributed by atoms with van der Waals surface area (Å²) < 4.78 is 0. The third-order valence-electron chi connectivity index (χ3n) is 3.02. The van der Waals surface area contributed by atoms with E-state index in [1.165, 1.54) is 16.7 Å². The van der Waals surface area contributed by atoms with Gasteiger partial charge in [-0.05, 0) is 43.4 Å². The maximum Gasteiger partial charge on any atom is -0.00236 e. The summed E-state index contributed by atoms with van der Waals surface area (Å²) in [5.41, 5.74) is 6.47. The van der Waals surface area contributed by atoms with Gasteiger partial charge >= 0.3 is 0 Å². The average Bonchev–Trinajstić information content (AvgIpc) is 2.57. The molecule has 0 atom stereocenters. The predicted octanol–water partition coefficient (Wildman–Crippen LogP) is 4.90. The normalized spacial score (nSPS) is 16.1. The lowest BCUT2D eigenvalue weighted by atomic mass is 9.95. The lowest BCUT2D eigenvalue weighted by molar-refractivity contribution is 1.11. The first-order chi connectivity index (χ1) is 7.60. The number of hydrogen-bond donors (Lipinski definition) is 0. The van der Waals surface area contributed by atoms with Crippen molar-refractivity contribution in [3.63, 3.8) is 0 Å². The molecular weight excluding hydrogens is 192 g/mol. The largest absolute Gasteiger partial charge is 0.0990 e. The van der Waals surface area contributed by atoms with Crippen LogP contribution in [0.3, 0.4) is 0 Å². The van der Waals surface area contributed by atoms with Crippen molar-refractivity contribution in [3.8, 4) is 0 Å². The molecule has 1 aliphatic rings. The molecule has 0 N–H and O–H groups in total. The minimum atomic E-state index is 0.917. The molecule has 0 aliphatic heterocycles. The fourth-order valence-electron chi connectivity index (χ4n) is 1.95. The summed E-state index contributed by atoms with van der Waals surface area (Å²) in [6, 6.07) is 0. The third kappa shape index (κ3) is 2.73. The molecule has 0 aromatic heterocycles. The molecule has 0 heterocycles. The Kier molecular flexibility index (Phi) is 4.30. The Bertz CT molecular complexity index is 411. The molecule has 0 amide bonds. The molecule has 0 spiro atoms. The van der Waals surface area contributed by atoms with E-state index in [-0.39, 0.29) is 0 Å². The fourth-order valence-corrected chi connectivity index (χ4v) is 1.95. The Balaban J connectivity index is 2.83. The van der Waals surface area contributed by atoms with Crippen LogP contribution >= 0.6 is 0 Å². The zero-order chi connectivity index (χ0) is 12.1. The van der Waals surface area contributed by atoms with Gasteiger partial charge in [-0.3, -0.25) is 0 Å². The Labute approximate surface area is 99.1 Å². The van der Waals surface area contributed by atoms with Crippen LogP contribution < -0.4 is 0 Å². The molecular formula is C16H20. The lowest BCUT2D eigenvalue weighted by Crippen LogP contribution is -1.91. The van der Waals surface area contributed by atoms with Crippen LogP contribution in [-0.4, -0.2) is 0 Å². The SMILES string of the molecule is C=C/C=C(\C=C)C(=C)CC1=C(C)CC=C1C. The second kappa shape index (κ2) is 5.50. The van der Waals surface area contributed by atoms with Gasteiger partial charge in [0.1, 0.15) is 0 Å². The molecule has 0 unspecified atom stereocenters. The van der Waals surface area contributed by atoms with Crippen molar-refractivity contribution >= 4 is 0 Å². The van der Waals surface area contributed by atoms with Gasteiger partial charge in [0, 0.05) is 0 Å². The van der Waals surface area contributed by atoms with Crippen LogP contribution in [0.5, 0.6) is 0 Å². The van der Waals surface area contributed by atoms with E-state index in [1.54, 1.807) is 6.08 Å². The fraction of sp³-hybridized carbons (Fsp3) is 0.250. The first-order valence-electron chi connectivity index (χ1n) is 5.59. The molecule has 16 heavy (non-hydrogen) atoms. The van der Waals surface area contributed by atoms with Gasteiger partial charge in [0.2, 0.25) is 0 Å². The second-order valence-corrected chi connectivity index (χ2v) is 4.19. The minimum absolute atomic E-state index is 0.917. The molecule has 0 saturated carbocycles. The Morgan fingerprint density at radius 2 is 2.06 bits per heavy atom. The van der Waals surface area contributed by atoms with Crippen LogP contribution in [0, 0.1) is 0 Å². The maximum absolute atomic E-state index is 4.13. The van der Waals surface area contributed by atoms with Crippen molar-refractivity contribution in [3.05, 3.63) is 71.9 Å². The van der Waals surface area contributed by atoms with Gasteiger partial charge < -0.3 is 0 Å². The number of rotatable bonds is 5. The molecule has 0 bridgehead atoms. The topological polar surface area (TPSA) is 0 Å². The Morgan fingerprint density at radius 3 is 2.50 bits per heavy atom. The van der Waals surface area contributed by atoms with Crippen molar-refractivity contribution in [2.24, 2.45) is 0 Å². The predicted molar refractivity (Wildman–Crippen MR) is 73.3 cm³/mol. The molecule has 0 aromatic carbocycles. The van der Waals surface area contributed by atoms with E-state index in [0.29, 0.717) is 0 Å². The van der Waals surface area contributed by atoms with E-state index in [0.717, 1.165) is 24.0 Å². The highest BCUT2D eigenvalue weighted by Gasteiger charge is 2.12. The van der Waals surface area contributed by atoms with Crippen molar-refractivity contribution in [1.29, 1.82) is 0 Å². The molecule has 0 fully saturated rings. The molecule has 1 rings (SSSR count). The number of hydrogen-bond acceptors (Lipinski definition) is 0. The van der Waals surface area contributed by atoms with Crippen LogP contribution in [0.15, 0.2) is 71.9 Å². The standard InChI is InChI=1S/C16H20/c1-6-8-15(7-2)14(5)11-16-12(3)9-10-13(16)4/h6-9H,1-2,5,10-11H2,3-4H3/b15-8+. The highest BCUT2D eigenvalue weighted by Crippen LogP contribution is 2.32. The maximum atomic E-state index is 4.13. The average molecular weight is 212 g/mol. The first kappa shape index (κ1) is 12.5. The van der Waals surface area contributed by atoms with E-state index in [9.17, 15) is 0 Å². The van der Waals surface area contributed by atoms with Gasteiger partial charge in [-0.25, -0.2) is 0 Å². The minimum Gasteiger partial charge on any atom is -0.0990 e. The summed E-state index contributed by atoms with van der Waals surface area (Å²) >= 11 is 0. The van der Waals surface area contributed by atoms with Crippen LogP contribution in [0.4, 0.5) is 0 Å². The molecule has 0 saturated heterocycles. The van der Waals surface area contributed by atoms with Crippen molar-refractivity contribution in [2.75, 3.05) is 0 Å². The molecule has 0 heteroatoms. The summed E-state index contributed by atoms with van der Waals surface area (Å²) in [6.45, 7) is 16.0. The van der Waals surface area contributed by atoms with E-state index < -0.39 is 0 Å². The van der Waals surface area contributed by atoms with Crippen molar-refractivity contribution in [2.45, 2.75) is 26.7 Å². The van der Waals surface area contributed by atoms with Crippen LogP contribution in [0.1, 0.15) is 26.7 Å². The van der Waals surface area contributed by atoms with E-state index in [1.807, 2.05) is 12.2 Å². The zero-order valence-electron chi connectivity index (χ0n) is 10.3. The highest BCUT2D eigenvalue weighted by molar-refractivity contribution is 5.48. The summed E-state index contributed by atoms with van der Waals surface area (Å²) in [5, 5.41) is 0. The zero-order valence-corrected chi connectivity index (χ0v) is 10.3. The summed E-state index contributed by atoms with van der Waals surface area (Å²) in [5.74, 6) is 0. The quantitative estimate of drug-likeness (QED) is 0.569. The molecule has 84 valence electrons. The van der Waals surface area contributed by atoms with E-state index in [2.05, 4.69) is 39.7 Å². The monoisotopic (exact) mass is 212 g/mol. The lowest BCUT2D eigenvalue weighted by Gasteiger charge is -2.10. The number of allylic oxidation sites excluding steroid dienone is 9. The first-order valence-corrected chi connectivity index (χ1v) is 5.59. The molecule has 1 aliphatic carbocycles. The van der Waals surface area contributed by atoms with E-state index in [4.69, 9.17) is 0 Å². The van der Waals surface area contributed by atoms with Crippen LogP contribution in [-0.2, 0) is 0 Å². The molecule has 0 nitrogen and oxygen atoms in total. The van der Waals surface area contributed by atoms with Crippen LogP contribution in [0.2, 0.25) is 0 Å². The van der Waals surface area contributed by atoms with Gasteiger partial charge in [0.25, 0.3) is 0 Å². The summed E-state index contributed by atoms with van der Waals surface area (Å²) in [6.07, 6.45) is 9.86. The third-order valence-corrected chi connectivity index (χ3v) is 3.02. The van der Waals surface area contributed by atoms with Crippen molar-refractivity contribution in [1.82, 2.24) is 0 Å². The van der Waals surface area contributed by atoms with Gasteiger partial charge in [-0.1, -0.05) is 55.2 Å². The van der Waals surface area contributed by atoms with Gasteiger partial charge in [0.15, 0.2) is 0 Å². The highest BCUT2D eigenvalue weighted by atomic mass is 14.2. The molecule has 0 radical (unpaired) electrons. The van der Waals surface area contributed by atoms with Gasteiger partial charge in [-0.2, -0.15) is 0 Å².